The van der Waals surface area contributed by atoms with Crippen molar-refractivity contribution in [2.75, 3.05) is 19.6 Å². The third-order valence-corrected chi connectivity index (χ3v) is 4.55. The fraction of sp³-hybridized carbons (Fsp3) is 0.733. The number of morpholine rings is 1. The van der Waals surface area contributed by atoms with Crippen molar-refractivity contribution in [3.05, 3.63) is 16.1 Å². The number of nitrogens with one attached hydrogen (secondary N) is 2. The van der Waals surface area contributed by atoms with Crippen molar-refractivity contribution in [3.63, 3.8) is 0 Å². The quantitative estimate of drug-likeness (QED) is 0.865. The van der Waals surface area contributed by atoms with Gasteiger partial charge in [0.2, 0.25) is 0 Å². The molecule has 0 aliphatic carbocycles. The normalized spacial score (nSPS) is 24.0. The molecule has 2 amide bonds. The van der Waals surface area contributed by atoms with Crippen LogP contribution in [0.2, 0.25) is 0 Å². The zero-order chi connectivity index (χ0) is 16.1. The molecule has 0 aromatic carbocycles. The zero-order valence-corrected chi connectivity index (χ0v) is 14.6. The summed E-state index contributed by atoms with van der Waals surface area (Å²) in [5.74, 6) is 0. The number of ether oxygens (including phenoxy) is 1. The molecule has 1 fully saturated rings. The van der Waals surface area contributed by atoms with Gasteiger partial charge in [-0.1, -0.05) is 0 Å². The van der Waals surface area contributed by atoms with Crippen LogP contribution in [0, 0.1) is 6.92 Å². The first-order valence-electron chi connectivity index (χ1n) is 7.76. The molecule has 1 aliphatic heterocycles. The molecule has 124 valence electrons. The smallest absolute Gasteiger partial charge is 0.315 e. The number of carbonyl (C=O) groups is 1. The van der Waals surface area contributed by atoms with Gasteiger partial charge >= 0.3 is 6.03 Å². The fourth-order valence-electron chi connectivity index (χ4n) is 2.67. The van der Waals surface area contributed by atoms with E-state index in [-0.39, 0.29) is 18.2 Å². The fourth-order valence-corrected chi connectivity index (χ4v) is 3.28. The summed E-state index contributed by atoms with van der Waals surface area (Å²) in [6.07, 6.45) is 0.487. The maximum absolute atomic E-state index is 11.8. The Bertz CT molecular complexity index is 484. The number of amides is 2. The van der Waals surface area contributed by atoms with Gasteiger partial charge in [-0.05, 0) is 27.7 Å². The lowest BCUT2D eigenvalue weighted by Crippen LogP contribution is -2.52. The first-order valence-corrected chi connectivity index (χ1v) is 8.64. The van der Waals surface area contributed by atoms with Crippen LogP contribution in [0.3, 0.4) is 0 Å². The Morgan fingerprint density at radius 3 is 2.73 bits per heavy atom. The van der Waals surface area contributed by atoms with Crippen LogP contribution in [0.5, 0.6) is 0 Å². The molecular formula is C15H26N4O2S. The van der Waals surface area contributed by atoms with Crippen LogP contribution in [0.1, 0.15) is 31.5 Å². The molecular weight excluding hydrogens is 300 g/mol. The highest BCUT2D eigenvalue weighted by atomic mass is 32.1. The van der Waals surface area contributed by atoms with E-state index in [2.05, 4.69) is 41.3 Å². The molecule has 0 unspecified atom stereocenters. The van der Waals surface area contributed by atoms with E-state index >= 15 is 0 Å². The number of urea groups is 1. The summed E-state index contributed by atoms with van der Waals surface area (Å²) >= 11 is 1.59. The second-order valence-electron chi connectivity index (χ2n) is 5.98. The lowest BCUT2D eigenvalue weighted by Gasteiger charge is -2.38. The minimum absolute atomic E-state index is 0.146. The van der Waals surface area contributed by atoms with Crippen molar-refractivity contribution in [2.45, 2.75) is 52.5 Å². The SMILES string of the molecule is Cc1nc(CNC(=O)NC[C@@H](C)N2C[C@@H](C)O[C@@H](C)C2)cs1. The molecule has 1 aliphatic rings. The molecule has 7 heteroatoms. The van der Waals surface area contributed by atoms with Gasteiger partial charge in [-0.3, -0.25) is 4.90 Å². The summed E-state index contributed by atoms with van der Waals surface area (Å²) in [4.78, 5) is 18.5. The van der Waals surface area contributed by atoms with Gasteiger partial charge in [0.05, 0.1) is 29.5 Å². The van der Waals surface area contributed by atoms with Gasteiger partial charge in [-0.15, -0.1) is 11.3 Å². The predicted octanol–water partition coefficient (Wildman–Crippen LogP) is 1.75. The first kappa shape index (κ1) is 17.2. The van der Waals surface area contributed by atoms with Crippen molar-refractivity contribution < 1.29 is 9.53 Å². The van der Waals surface area contributed by atoms with Gasteiger partial charge in [0.1, 0.15) is 0 Å². The lowest BCUT2D eigenvalue weighted by atomic mass is 10.2. The van der Waals surface area contributed by atoms with Crippen molar-refractivity contribution >= 4 is 17.4 Å². The Balaban J connectivity index is 1.69. The molecule has 0 saturated carbocycles. The first-order chi connectivity index (χ1) is 10.4. The molecule has 1 aromatic heterocycles. The van der Waals surface area contributed by atoms with Crippen LogP contribution < -0.4 is 10.6 Å². The number of hydrogen-bond acceptors (Lipinski definition) is 5. The third-order valence-electron chi connectivity index (χ3n) is 3.73. The van der Waals surface area contributed by atoms with Gasteiger partial charge in [-0.25, -0.2) is 9.78 Å². The molecule has 2 rings (SSSR count). The summed E-state index contributed by atoms with van der Waals surface area (Å²) in [7, 11) is 0. The predicted molar refractivity (Wildman–Crippen MR) is 88.1 cm³/mol. The van der Waals surface area contributed by atoms with E-state index in [1.54, 1.807) is 11.3 Å². The van der Waals surface area contributed by atoms with E-state index in [4.69, 9.17) is 4.74 Å². The van der Waals surface area contributed by atoms with E-state index in [0.717, 1.165) is 23.8 Å². The molecule has 3 atom stereocenters. The Hall–Kier alpha value is -1.18. The van der Waals surface area contributed by atoms with E-state index < -0.39 is 0 Å². The summed E-state index contributed by atoms with van der Waals surface area (Å²) in [6, 6.07) is 0.146. The second kappa shape index (κ2) is 7.89. The number of nitrogens with zero attached hydrogens (tertiary/aromatic N) is 2. The van der Waals surface area contributed by atoms with Gasteiger partial charge in [0, 0.05) is 31.1 Å². The average molecular weight is 326 g/mol. The van der Waals surface area contributed by atoms with Crippen molar-refractivity contribution in [1.29, 1.82) is 0 Å². The topological polar surface area (TPSA) is 66.5 Å². The minimum atomic E-state index is -0.146. The Morgan fingerprint density at radius 1 is 1.45 bits per heavy atom. The standard InChI is InChI=1S/C15H26N4O2S/c1-10(19-7-11(2)21-12(3)8-19)5-16-15(20)17-6-14-9-22-13(4)18-14/h9-12H,5-8H2,1-4H3,(H2,16,17,20)/t10-,11-,12+/m1/s1. The number of rotatable bonds is 5. The van der Waals surface area contributed by atoms with Gasteiger partial charge < -0.3 is 15.4 Å². The molecule has 0 bridgehead atoms. The van der Waals surface area contributed by atoms with Crippen LogP contribution in [0.25, 0.3) is 0 Å². The molecule has 1 saturated heterocycles. The summed E-state index contributed by atoms with van der Waals surface area (Å²) in [5, 5.41) is 8.75. The Kier molecular flexibility index (Phi) is 6.16. The van der Waals surface area contributed by atoms with Crippen molar-refractivity contribution in [1.82, 2.24) is 20.5 Å². The highest BCUT2D eigenvalue weighted by Gasteiger charge is 2.25. The molecule has 2 N–H and O–H groups in total. The van der Waals surface area contributed by atoms with Gasteiger partial charge in [0.25, 0.3) is 0 Å². The minimum Gasteiger partial charge on any atom is -0.373 e. The molecule has 0 radical (unpaired) electrons. The lowest BCUT2D eigenvalue weighted by molar-refractivity contribution is -0.0778. The number of carbonyl (C=O) groups excluding carboxylic acids is 1. The van der Waals surface area contributed by atoms with Crippen molar-refractivity contribution in [3.8, 4) is 0 Å². The highest BCUT2D eigenvalue weighted by Crippen LogP contribution is 2.13. The van der Waals surface area contributed by atoms with E-state index in [1.807, 2.05) is 12.3 Å². The van der Waals surface area contributed by atoms with Crippen LogP contribution >= 0.6 is 11.3 Å². The van der Waals surface area contributed by atoms with Gasteiger partial charge in [0.15, 0.2) is 0 Å². The molecule has 6 nitrogen and oxygen atoms in total. The zero-order valence-electron chi connectivity index (χ0n) is 13.8. The average Bonchev–Trinajstić information content (AvgIpc) is 2.87. The molecule has 2 heterocycles. The van der Waals surface area contributed by atoms with E-state index in [0.29, 0.717) is 19.1 Å². The van der Waals surface area contributed by atoms with Crippen LogP contribution in [0.15, 0.2) is 5.38 Å². The maximum Gasteiger partial charge on any atom is 0.315 e. The second-order valence-corrected chi connectivity index (χ2v) is 7.04. The number of thiazole rings is 1. The molecule has 22 heavy (non-hydrogen) atoms. The van der Waals surface area contributed by atoms with Crippen LogP contribution in [-0.4, -0.2) is 53.8 Å². The van der Waals surface area contributed by atoms with Crippen LogP contribution in [0.4, 0.5) is 4.79 Å². The van der Waals surface area contributed by atoms with E-state index in [9.17, 15) is 4.79 Å². The summed E-state index contributed by atoms with van der Waals surface area (Å²) in [5.41, 5.74) is 0.904. The number of aromatic nitrogens is 1. The van der Waals surface area contributed by atoms with Crippen LogP contribution in [-0.2, 0) is 11.3 Å². The number of aryl methyl sites for hydroxylation is 1. The Labute approximate surface area is 136 Å². The third kappa shape index (κ3) is 5.23. The van der Waals surface area contributed by atoms with Crippen molar-refractivity contribution in [2.24, 2.45) is 0 Å². The monoisotopic (exact) mass is 326 g/mol. The van der Waals surface area contributed by atoms with E-state index in [1.165, 1.54) is 0 Å². The van der Waals surface area contributed by atoms with Gasteiger partial charge in [-0.2, -0.15) is 0 Å². The highest BCUT2D eigenvalue weighted by molar-refractivity contribution is 7.09. The summed E-state index contributed by atoms with van der Waals surface area (Å²) < 4.78 is 5.73. The summed E-state index contributed by atoms with van der Waals surface area (Å²) in [6.45, 7) is 11.2. The molecule has 0 spiro atoms. The Morgan fingerprint density at radius 2 is 2.14 bits per heavy atom. The number of hydrogen-bond donors (Lipinski definition) is 2. The largest absolute Gasteiger partial charge is 0.373 e. The maximum atomic E-state index is 11.8. The molecule has 1 aromatic rings.